The van der Waals surface area contributed by atoms with E-state index in [9.17, 15) is 4.79 Å². The molecular formula is C15H20NO2+. The van der Waals surface area contributed by atoms with Gasteiger partial charge in [0.05, 0.1) is 0 Å². The van der Waals surface area contributed by atoms with Crippen molar-refractivity contribution in [3.8, 4) is 12.3 Å². The highest BCUT2D eigenvalue weighted by atomic mass is 16.5. The lowest BCUT2D eigenvalue weighted by Gasteiger charge is -2.26. The molecule has 0 spiro atoms. The lowest BCUT2D eigenvalue weighted by molar-refractivity contribution is -0.686. The summed E-state index contributed by atoms with van der Waals surface area (Å²) in [5, 5.41) is 0. The van der Waals surface area contributed by atoms with Gasteiger partial charge in [-0.3, -0.25) is 0 Å². The smallest absolute Gasteiger partial charge is 0.372 e. The molecule has 0 aliphatic heterocycles. The first-order chi connectivity index (χ1) is 8.32. The van der Waals surface area contributed by atoms with Gasteiger partial charge in [-0.15, -0.1) is 6.42 Å². The number of aromatic nitrogens is 1. The molecule has 0 amide bonds. The largest absolute Gasteiger partial charge is 0.457 e. The van der Waals surface area contributed by atoms with Crippen LogP contribution in [0.1, 0.15) is 33.3 Å². The molecule has 3 heteroatoms. The zero-order valence-corrected chi connectivity index (χ0v) is 11.4. The number of nitrogens with zero attached hydrogens (tertiary/aromatic N) is 1. The van der Waals surface area contributed by atoms with E-state index in [-0.39, 0.29) is 24.0 Å². The van der Waals surface area contributed by atoms with Crippen molar-refractivity contribution in [2.75, 3.05) is 0 Å². The zero-order valence-electron chi connectivity index (χ0n) is 11.4. The highest BCUT2D eigenvalue weighted by molar-refractivity contribution is 5.67. The molecule has 18 heavy (non-hydrogen) atoms. The number of ether oxygens (including phenoxy) is 1. The van der Waals surface area contributed by atoms with Crippen molar-refractivity contribution in [1.29, 1.82) is 0 Å². The Morgan fingerprint density at radius 3 is 2.44 bits per heavy atom. The zero-order chi connectivity index (χ0) is 13.8. The SMILES string of the molecule is C#Cc1cc[n+](CC(=O)O[C@H](C)C(C)(C)C)cc1. The highest BCUT2D eigenvalue weighted by Gasteiger charge is 2.24. The van der Waals surface area contributed by atoms with Crippen LogP contribution in [-0.4, -0.2) is 12.1 Å². The summed E-state index contributed by atoms with van der Waals surface area (Å²) in [6, 6.07) is 3.58. The summed E-state index contributed by atoms with van der Waals surface area (Å²) in [7, 11) is 0. The molecule has 0 radical (unpaired) electrons. The minimum Gasteiger partial charge on any atom is -0.457 e. The third-order valence-corrected chi connectivity index (χ3v) is 2.90. The van der Waals surface area contributed by atoms with E-state index in [0.29, 0.717) is 0 Å². The van der Waals surface area contributed by atoms with Gasteiger partial charge in [-0.05, 0) is 12.3 Å². The quantitative estimate of drug-likeness (QED) is 0.463. The maximum atomic E-state index is 11.7. The maximum absolute atomic E-state index is 11.7. The second-order valence-corrected chi connectivity index (χ2v) is 5.40. The molecule has 0 fully saturated rings. The van der Waals surface area contributed by atoms with Gasteiger partial charge in [-0.1, -0.05) is 26.7 Å². The van der Waals surface area contributed by atoms with Crippen LogP contribution < -0.4 is 4.57 Å². The second kappa shape index (κ2) is 5.68. The molecule has 96 valence electrons. The van der Waals surface area contributed by atoms with Crippen LogP contribution in [0.5, 0.6) is 0 Å². The normalized spacial score (nSPS) is 12.6. The molecule has 0 N–H and O–H groups in total. The first kappa shape index (κ1) is 14.2. The molecule has 0 unspecified atom stereocenters. The standard InChI is InChI=1S/C15H20NO2/c1-6-13-7-9-16(10-8-13)11-14(17)18-12(2)15(3,4)5/h1,7-10,12H,11H2,2-5H3/q+1/t12-/m1/s1. The van der Waals surface area contributed by atoms with Gasteiger partial charge >= 0.3 is 5.97 Å². The van der Waals surface area contributed by atoms with Gasteiger partial charge in [0.15, 0.2) is 12.4 Å². The summed E-state index contributed by atoms with van der Waals surface area (Å²) in [6.45, 7) is 8.23. The number of terminal acetylenes is 1. The van der Waals surface area contributed by atoms with Crippen LogP contribution in [0.3, 0.4) is 0 Å². The number of pyridine rings is 1. The van der Waals surface area contributed by atoms with E-state index < -0.39 is 0 Å². The van der Waals surface area contributed by atoms with Crippen molar-refractivity contribution in [3.05, 3.63) is 30.1 Å². The van der Waals surface area contributed by atoms with E-state index >= 15 is 0 Å². The minimum atomic E-state index is -0.240. The van der Waals surface area contributed by atoms with Gasteiger partial charge in [-0.2, -0.15) is 4.57 Å². The van der Waals surface area contributed by atoms with E-state index in [0.717, 1.165) is 5.56 Å². The molecule has 1 atom stereocenters. The molecule has 0 aliphatic rings. The molecule has 1 rings (SSSR count). The van der Waals surface area contributed by atoms with Crippen LogP contribution in [-0.2, 0) is 16.1 Å². The van der Waals surface area contributed by atoms with Crippen LogP contribution >= 0.6 is 0 Å². The number of esters is 1. The topological polar surface area (TPSA) is 30.2 Å². The van der Waals surface area contributed by atoms with E-state index in [1.807, 2.05) is 27.7 Å². The summed E-state index contributed by atoms with van der Waals surface area (Å²) in [6.07, 6.45) is 8.70. The Balaban J connectivity index is 2.57. The fourth-order valence-electron chi connectivity index (χ4n) is 1.22. The van der Waals surface area contributed by atoms with Crippen molar-refractivity contribution in [2.24, 2.45) is 5.41 Å². The molecule has 0 aromatic carbocycles. The predicted octanol–water partition coefficient (Wildman–Crippen LogP) is 1.93. The first-order valence-corrected chi connectivity index (χ1v) is 5.98. The monoisotopic (exact) mass is 246 g/mol. The third-order valence-electron chi connectivity index (χ3n) is 2.90. The van der Waals surface area contributed by atoms with Crippen LogP contribution in [0.2, 0.25) is 0 Å². The van der Waals surface area contributed by atoms with Crippen molar-refractivity contribution in [3.63, 3.8) is 0 Å². The second-order valence-electron chi connectivity index (χ2n) is 5.40. The van der Waals surface area contributed by atoms with Crippen LogP contribution in [0.25, 0.3) is 0 Å². The summed E-state index contributed by atoms with van der Waals surface area (Å²) >= 11 is 0. The Bertz CT molecular complexity index is 449. The van der Waals surface area contributed by atoms with Gasteiger partial charge in [0.1, 0.15) is 6.10 Å². The molecule has 3 nitrogen and oxygen atoms in total. The van der Waals surface area contributed by atoms with Crippen molar-refractivity contribution in [2.45, 2.75) is 40.3 Å². The van der Waals surface area contributed by atoms with Crippen molar-refractivity contribution < 1.29 is 14.1 Å². The fourth-order valence-corrected chi connectivity index (χ4v) is 1.22. The number of hydrogen-bond acceptors (Lipinski definition) is 2. The fraction of sp³-hybridized carbons (Fsp3) is 0.467. The highest BCUT2D eigenvalue weighted by Crippen LogP contribution is 2.21. The van der Waals surface area contributed by atoms with E-state index in [1.165, 1.54) is 0 Å². The van der Waals surface area contributed by atoms with Crippen molar-refractivity contribution >= 4 is 5.97 Å². The summed E-state index contributed by atoms with van der Waals surface area (Å²) in [5.41, 5.74) is 0.746. The molecule has 0 saturated carbocycles. The van der Waals surface area contributed by atoms with Gasteiger partial charge in [-0.25, -0.2) is 4.79 Å². The lowest BCUT2D eigenvalue weighted by Crippen LogP contribution is -2.40. The van der Waals surface area contributed by atoms with Gasteiger partial charge in [0.2, 0.25) is 6.54 Å². The first-order valence-electron chi connectivity index (χ1n) is 5.98. The number of rotatable bonds is 3. The minimum absolute atomic E-state index is 0.0480. The molecule has 0 aliphatic carbocycles. The van der Waals surface area contributed by atoms with Gasteiger partial charge in [0, 0.05) is 17.7 Å². The predicted molar refractivity (Wildman–Crippen MR) is 69.6 cm³/mol. The van der Waals surface area contributed by atoms with Crippen LogP contribution in [0.4, 0.5) is 0 Å². The summed E-state index contributed by atoms with van der Waals surface area (Å²) < 4.78 is 7.12. The third kappa shape index (κ3) is 4.21. The molecule has 0 saturated heterocycles. The Kier molecular flexibility index (Phi) is 4.49. The molecule has 1 heterocycles. The molecular weight excluding hydrogens is 226 g/mol. The molecule has 1 aromatic rings. The van der Waals surface area contributed by atoms with Gasteiger partial charge < -0.3 is 4.74 Å². The number of carbonyl (C=O) groups is 1. The Labute approximate surface area is 109 Å². The Morgan fingerprint density at radius 2 is 2.00 bits per heavy atom. The van der Waals surface area contributed by atoms with E-state index in [1.54, 1.807) is 29.1 Å². The van der Waals surface area contributed by atoms with E-state index in [4.69, 9.17) is 11.2 Å². The number of hydrogen-bond donors (Lipinski definition) is 0. The van der Waals surface area contributed by atoms with Crippen molar-refractivity contribution in [1.82, 2.24) is 0 Å². The molecule has 1 aromatic heterocycles. The average Bonchev–Trinajstić information content (AvgIpc) is 2.28. The van der Waals surface area contributed by atoms with Crippen LogP contribution in [0, 0.1) is 17.8 Å². The Morgan fingerprint density at radius 1 is 1.44 bits per heavy atom. The average molecular weight is 246 g/mol. The molecule has 0 bridgehead atoms. The lowest BCUT2D eigenvalue weighted by atomic mass is 9.90. The number of carbonyl (C=O) groups excluding carboxylic acids is 1. The summed E-state index contributed by atoms with van der Waals surface area (Å²) in [4.78, 5) is 11.7. The van der Waals surface area contributed by atoms with Gasteiger partial charge in [0.25, 0.3) is 0 Å². The van der Waals surface area contributed by atoms with Crippen LogP contribution in [0.15, 0.2) is 24.5 Å². The van der Waals surface area contributed by atoms with E-state index in [2.05, 4.69) is 5.92 Å². The summed E-state index contributed by atoms with van der Waals surface area (Å²) in [5.74, 6) is 2.29. The maximum Gasteiger partial charge on any atom is 0.372 e. The Hall–Kier alpha value is -1.82.